The Morgan fingerprint density at radius 3 is 2.84 bits per heavy atom. The molecule has 1 heterocycles. The van der Waals surface area contributed by atoms with Gasteiger partial charge in [0.25, 0.3) is 0 Å². The molecule has 1 aromatic heterocycles. The predicted octanol–water partition coefficient (Wildman–Crippen LogP) is 2.56. The van der Waals surface area contributed by atoms with E-state index >= 15 is 0 Å². The number of para-hydroxylation sites is 1. The van der Waals surface area contributed by atoms with Crippen LogP contribution in [0.25, 0.3) is 0 Å². The number of anilines is 2. The average molecular weight is 294 g/mol. The van der Waals surface area contributed by atoms with Crippen LogP contribution in [0.1, 0.15) is 12.5 Å². The van der Waals surface area contributed by atoms with Crippen molar-refractivity contribution in [3.8, 4) is 0 Å². The van der Waals surface area contributed by atoms with Crippen LogP contribution < -0.4 is 11.1 Å². The molecule has 0 saturated carbocycles. The van der Waals surface area contributed by atoms with Gasteiger partial charge in [0.05, 0.1) is 5.25 Å². The molecule has 19 heavy (non-hydrogen) atoms. The van der Waals surface area contributed by atoms with E-state index in [0.717, 1.165) is 15.6 Å². The SMILES string of the molecule is Cc1ccccc1Nc1nnc(S[C@H](C)C(N)=O)s1. The third-order valence-corrected chi connectivity index (χ3v) is 4.51. The molecule has 7 heteroatoms. The molecule has 0 spiro atoms. The van der Waals surface area contributed by atoms with Crippen molar-refractivity contribution in [2.24, 2.45) is 5.73 Å². The number of hydrogen-bond donors (Lipinski definition) is 2. The van der Waals surface area contributed by atoms with Gasteiger partial charge in [-0.2, -0.15) is 0 Å². The van der Waals surface area contributed by atoms with Gasteiger partial charge in [0, 0.05) is 5.69 Å². The minimum Gasteiger partial charge on any atom is -0.369 e. The summed E-state index contributed by atoms with van der Waals surface area (Å²) in [7, 11) is 0. The first-order valence-corrected chi connectivity index (χ1v) is 7.38. The van der Waals surface area contributed by atoms with Crippen molar-refractivity contribution in [2.45, 2.75) is 23.4 Å². The van der Waals surface area contributed by atoms with Gasteiger partial charge in [0.2, 0.25) is 11.0 Å². The zero-order chi connectivity index (χ0) is 13.8. The summed E-state index contributed by atoms with van der Waals surface area (Å²) in [5.74, 6) is -0.353. The first kappa shape index (κ1) is 13.8. The quantitative estimate of drug-likeness (QED) is 0.828. The summed E-state index contributed by atoms with van der Waals surface area (Å²) < 4.78 is 0.724. The van der Waals surface area contributed by atoms with E-state index in [9.17, 15) is 4.79 Å². The van der Waals surface area contributed by atoms with Crippen molar-refractivity contribution in [1.82, 2.24) is 10.2 Å². The Bertz CT molecular complexity index is 585. The lowest BCUT2D eigenvalue weighted by Gasteiger charge is -2.04. The van der Waals surface area contributed by atoms with E-state index in [1.54, 1.807) is 6.92 Å². The summed E-state index contributed by atoms with van der Waals surface area (Å²) >= 11 is 2.72. The van der Waals surface area contributed by atoms with Crippen LogP contribution in [-0.4, -0.2) is 21.4 Å². The molecule has 1 amide bonds. The number of thioether (sulfide) groups is 1. The number of nitrogens with zero attached hydrogens (tertiary/aromatic N) is 2. The monoisotopic (exact) mass is 294 g/mol. The normalized spacial score (nSPS) is 12.1. The fourth-order valence-corrected chi connectivity index (χ4v) is 3.20. The summed E-state index contributed by atoms with van der Waals surface area (Å²) in [4.78, 5) is 11.0. The minimum atomic E-state index is -0.353. The molecule has 5 nitrogen and oxygen atoms in total. The number of carbonyl (C=O) groups is 1. The molecule has 0 radical (unpaired) electrons. The van der Waals surface area contributed by atoms with Crippen LogP contribution in [0.15, 0.2) is 28.6 Å². The van der Waals surface area contributed by atoms with Gasteiger partial charge < -0.3 is 11.1 Å². The molecule has 100 valence electrons. The van der Waals surface area contributed by atoms with Crippen molar-refractivity contribution < 1.29 is 4.79 Å². The van der Waals surface area contributed by atoms with E-state index in [0.29, 0.717) is 5.13 Å². The first-order valence-electron chi connectivity index (χ1n) is 5.68. The molecule has 1 atom stereocenters. The maximum atomic E-state index is 11.0. The Kier molecular flexibility index (Phi) is 4.39. The minimum absolute atomic E-state index is 0.306. The van der Waals surface area contributed by atoms with Crippen molar-refractivity contribution in [3.05, 3.63) is 29.8 Å². The number of nitrogens with one attached hydrogen (secondary N) is 1. The lowest BCUT2D eigenvalue weighted by molar-refractivity contribution is -0.117. The van der Waals surface area contributed by atoms with Crippen LogP contribution in [-0.2, 0) is 4.79 Å². The molecular weight excluding hydrogens is 280 g/mol. The Labute approximate surface area is 119 Å². The Morgan fingerprint density at radius 1 is 1.42 bits per heavy atom. The van der Waals surface area contributed by atoms with Crippen molar-refractivity contribution >= 4 is 39.8 Å². The summed E-state index contributed by atoms with van der Waals surface area (Å²) in [5.41, 5.74) is 7.35. The molecular formula is C12H14N4OS2. The lowest BCUT2D eigenvalue weighted by Crippen LogP contribution is -2.22. The van der Waals surface area contributed by atoms with Crippen LogP contribution >= 0.6 is 23.1 Å². The highest BCUT2D eigenvalue weighted by atomic mass is 32.2. The van der Waals surface area contributed by atoms with E-state index in [4.69, 9.17) is 5.73 Å². The number of aryl methyl sites for hydroxylation is 1. The van der Waals surface area contributed by atoms with Gasteiger partial charge >= 0.3 is 0 Å². The summed E-state index contributed by atoms with van der Waals surface area (Å²) in [6.07, 6.45) is 0. The number of carbonyl (C=O) groups excluding carboxylic acids is 1. The average Bonchev–Trinajstić information content (AvgIpc) is 2.79. The molecule has 0 bridgehead atoms. The zero-order valence-corrected chi connectivity index (χ0v) is 12.2. The zero-order valence-electron chi connectivity index (χ0n) is 10.6. The Morgan fingerprint density at radius 2 is 2.16 bits per heavy atom. The van der Waals surface area contributed by atoms with E-state index in [1.165, 1.54) is 23.1 Å². The predicted molar refractivity (Wildman–Crippen MR) is 78.9 cm³/mol. The van der Waals surface area contributed by atoms with Crippen LogP contribution in [0.4, 0.5) is 10.8 Å². The highest BCUT2D eigenvalue weighted by molar-refractivity contribution is 8.02. The van der Waals surface area contributed by atoms with Gasteiger partial charge in [-0.1, -0.05) is 41.3 Å². The molecule has 1 aromatic carbocycles. The molecule has 0 unspecified atom stereocenters. The van der Waals surface area contributed by atoms with E-state index in [2.05, 4.69) is 15.5 Å². The number of amides is 1. The third kappa shape index (κ3) is 3.68. The van der Waals surface area contributed by atoms with Crippen LogP contribution in [0.3, 0.4) is 0 Å². The van der Waals surface area contributed by atoms with E-state index in [-0.39, 0.29) is 11.2 Å². The topological polar surface area (TPSA) is 80.9 Å². The lowest BCUT2D eigenvalue weighted by atomic mass is 10.2. The highest BCUT2D eigenvalue weighted by Gasteiger charge is 2.14. The van der Waals surface area contributed by atoms with E-state index in [1.807, 2.05) is 31.2 Å². The van der Waals surface area contributed by atoms with Crippen LogP contribution in [0.5, 0.6) is 0 Å². The summed E-state index contributed by atoms with van der Waals surface area (Å²) in [5, 5.41) is 11.7. The number of rotatable bonds is 5. The van der Waals surface area contributed by atoms with Crippen LogP contribution in [0.2, 0.25) is 0 Å². The maximum absolute atomic E-state index is 11.0. The van der Waals surface area contributed by atoms with Gasteiger partial charge in [-0.25, -0.2) is 0 Å². The second-order valence-corrected chi connectivity index (χ2v) is 6.54. The number of hydrogen-bond acceptors (Lipinski definition) is 6. The Balaban J connectivity index is 2.06. The molecule has 0 fully saturated rings. The molecule has 0 saturated heterocycles. The number of nitrogens with two attached hydrogens (primary N) is 1. The fraction of sp³-hybridized carbons (Fsp3) is 0.250. The molecule has 2 rings (SSSR count). The number of primary amides is 1. The van der Waals surface area contributed by atoms with Crippen molar-refractivity contribution in [1.29, 1.82) is 0 Å². The van der Waals surface area contributed by atoms with Gasteiger partial charge in [0.15, 0.2) is 4.34 Å². The van der Waals surface area contributed by atoms with Gasteiger partial charge in [-0.15, -0.1) is 10.2 Å². The van der Waals surface area contributed by atoms with Crippen molar-refractivity contribution in [3.63, 3.8) is 0 Å². The number of aromatic nitrogens is 2. The van der Waals surface area contributed by atoms with E-state index < -0.39 is 0 Å². The molecule has 3 N–H and O–H groups in total. The Hall–Kier alpha value is -1.60. The van der Waals surface area contributed by atoms with Gasteiger partial charge in [-0.05, 0) is 25.5 Å². The van der Waals surface area contributed by atoms with Gasteiger partial charge in [0.1, 0.15) is 0 Å². The smallest absolute Gasteiger partial charge is 0.230 e. The molecule has 0 aliphatic heterocycles. The summed E-state index contributed by atoms with van der Waals surface area (Å²) in [6.45, 7) is 3.77. The standard InChI is InChI=1S/C12H14N4OS2/c1-7-5-3-4-6-9(7)14-11-15-16-12(19-11)18-8(2)10(13)17/h3-6,8H,1-2H3,(H2,13,17)(H,14,15)/t8-/m1/s1. The molecule has 2 aromatic rings. The fourth-order valence-electron chi connectivity index (χ4n) is 1.35. The second kappa shape index (κ2) is 6.03. The van der Waals surface area contributed by atoms with Gasteiger partial charge in [-0.3, -0.25) is 4.79 Å². The maximum Gasteiger partial charge on any atom is 0.230 e. The molecule has 0 aliphatic carbocycles. The summed E-state index contributed by atoms with van der Waals surface area (Å²) in [6, 6.07) is 7.95. The first-order chi connectivity index (χ1) is 9.06. The second-order valence-electron chi connectivity index (χ2n) is 3.98. The van der Waals surface area contributed by atoms with Crippen LogP contribution in [0, 0.1) is 6.92 Å². The third-order valence-electron chi connectivity index (χ3n) is 2.47. The molecule has 0 aliphatic rings. The largest absolute Gasteiger partial charge is 0.369 e. The highest BCUT2D eigenvalue weighted by Crippen LogP contribution is 2.30. The van der Waals surface area contributed by atoms with Crippen molar-refractivity contribution in [2.75, 3.05) is 5.32 Å². The number of benzene rings is 1.